The number of nitrogens with zero attached hydrogens (tertiary/aromatic N) is 1. The van der Waals surface area contributed by atoms with E-state index in [1.165, 1.54) is 0 Å². The Morgan fingerprint density at radius 1 is 1.22 bits per heavy atom. The van der Waals surface area contributed by atoms with E-state index in [0.717, 1.165) is 23.8 Å². The summed E-state index contributed by atoms with van der Waals surface area (Å²) in [5, 5.41) is 0. The molecule has 0 aliphatic carbocycles. The van der Waals surface area contributed by atoms with Gasteiger partial charge in [-0.15, -0.1) is 0 Å². The number of pyridine rings is 1. The van der Waals surface area contributed by atoms with Crippen LogP contribution in [0.1, 0.15) is 11.3 Å². The Morgan fingerprint density at radius 2 is 2.06 bits per heavy atom. The van der Waals surface area contributed by atoms with Crippen LogP contribution in [0.5, 0.6) is 5.75 Å². The molecule has 18 heavy (non-hydrogen) atoms. The van der Waals surface area contributed by atoms with Gasteiger partial charge in [-0.3, -0.25) is 4.98 Å². The predicted octanol–water partition coefficient (Wildman–Crippen LogP) is 2.40. The van der Waals surface area contributed by atoms with Crippen molar-refractivity contribution in [2.75, 3.05) is 0 Å². The van der Waals surface area contributed by atoms with Crippen molar-refractivity contribution in [3.05, 3.63) is 59.4 Å². The summed E-state index contributed by atoms with van der Waals surface area (Å²) >= 11 is 0. The van der Waals surface area contributed by atoms with Gasteiger partial charge in [0.25, 0.3) is 0 Å². The fourth-order valence-corrected chi connectivity index (χ4v) is 1.52. The Balaban J connectivity index is 2.14. The zero-order valence-electron chi connectivity index (χ0n) is 9.57. The van der Waals surface area contributed by atoms with Crippen molar-refractivity contribution in [1.82, 2.24) is 4.98 Å². The molecule has 0 radical (unpaired) electrons. The molecule has 2 aromatic rings. The maximum atomic E-state index is 13.3. The molecule has 1 aromatic heterocycles. The third-order valence-corrected chi connectivity index (χ3v) is 2.46. The average Bonchev–Trinajstić information content (AvgIpc) is 2.40. The van der Waals surface area contributed by atoms with Crippen molar-refractivity contribution in [1.29, 1.82) is 0 Å². The molecule has 0 unspecified atom stereocenters. The molecule has 5 heteroatoms. The molecule has 0 fully saturated rings. The molecule has 0 saturated carbocycles. The van der Waals surface area contributed by atoms with Crippen molar-refractivity contribution < 1.29 is 13.5 Å². The van der Waals surface area contributed by atoms with Crippen molar-refractivity contribution >= 4 is 0 Å². The second-order valence-electron chi connectivity index (χ2n) is 3.68. The zero-order valence-corrected chi connectivity index (χ0v) is 9.57. The van der Waals surface area contributed by atoms with Crippen molar-refractivity contribution in [3.63, 3.8) is 0 Å². The number of ether oxygens (including phenoxy) is 1. The maximum absolute atomic E-state index is 13.3. The summed E-state index contributed by atoms with van der Waals surface area (Å²) in [6.45, 7) is 0.367. The summed E-state index contributed by atoms with van der Waals surface area (Å²) in [5.41, 5.74) is 6.97. The topological polar surface area (TPSA) is 48.1 Å². The van der Waals surface area contributed by atoms with E-state index in [1.807, 2.05) is 6.07 Å². The van der Waals surface area contributed by atoms with E-state index in [0.29, 0.717) is 12.2 Å². The molecule has 2 N–H and O–H groups in total. The molecule has 1 heterocycles. The number of hydrogen-bond donors (Lipinski definition) is 1. The van der Waals surface area contributed by atoms with E-state index in [4.69, 9.17) is 10.5 Å². The molecular formula is C13H12F2N2O. The molecule has 0 saturated heterocycles. The maximum Gasteiger partial charge on any atom is 0.165 e. The highest BCUT2D eigenvalue weighted by molar-refractivity contribution is 5.26. The lowest BCUT2D eigenvalue weighted by molar-refractivity contribution is 0.283. The first-order chi connectivity index (χ1) is 8.70. The summed E-state index contributed by atoms with van der Waals surface area (Å²) in [6, 6.07) is 6.63. The van der Waals surface area contributed by atoms with E-state index < -0.39 is 11.6 Å². The SMILES string of the molecule is NCc1cccnc1COc1cc(F)ccc1F. The molecule has 0 atom stereocenters. The third-order valence-electron chi connectivity index (χ3n) is 2.46. The highest BCUT2D eigenvalue weighted by Gasteiger charge is 2.07. The van der Waals surface area contributed by atoms with Crippen LogP contribution in [0.2, 0.25) is 0 Å². The summed E-state index contributed by atoms with van der Waals surface area (Å²) in [7, 11) is 0. The quantitative estimate of drug-likeness (QED) is 0.906. The standard InChI is InChI=1S/C13H12F2N2O/c14-10-3-4-11(15)13(6-10)18-8-12-9(7-16)2-1-5-17-12/h1-6H,7-8,16H2. The average molecular weight is 250 g/mol. The Morgan fingerprint density at radius 3 is 2.83 bits per heavy atom. The minimum atomic E-state index is -0.610. The fraction of sp³-hybridized carbons (Fsp3) is 0.154. The molecule has 0 spiro atoms. The molecule has 94 valence electrons. The summed E-state index contributed by atoms with van der Waals surface area (Å²) in [5.74, 6) is -1.29. The molecular weight excluding hydrogens is 238 g/mol. The van der Waals surface area contributed by atoms with E-state index in [-0.39, 0.29) is 12.4 Å². The molecule has 1 aromatic carbocycles. The number of hydrogen-bond acceptors (Lipinski definition) is 3. The zero-order chi connectivity index (χ0) is 13.0. The monoisotopic (exact) mass is 250 g/mol. The van der Waals surface area contributed by atoms with Crippen LogP contribution in [-0.2, 0) is 13.2 Å². The second kappa shape index (κ2) is 5.55. The fourth-order valence-electron chi connectivity index (χ4n) is 1.52. The minimum absolute atomic E-state index is 0.0494. The first kappa shape index (κ1) is 12.4. The largest absolute Gasteiger partial charge is 0.484 e. The lowest BCUT2D eigenvalue weighted by Gasteiger charge is -2.09. The molecule has 0 aliphatic rings. The van der Waals surface area contributed by atoms with Crippen LogP contribution in [0.15, 0.2) is 36.5 Å². The van der Waals surface area contributed by atoms with Gasteiger partial charge in [0.05, 0.1) is 5.69 Å². The lowest BCUT2D eigenvalue weighted by Crippen LogP contribution is -2.07. The van der Waals surface area contributed by atoms with Gasteiger partial charge in [-0.05, 0) is 23.8 Å². The highest BCUT2D eigenvalue weighted by atomic mass is 19.1. The van der Waals surface area contributed by atoms with Gasteiger partial charge in [0, 0.05) is 18.8 Å². The number of halogens is 2. The second-order valence-corrected chi connectivity index (χ2v) is 3.68. The normalized spacial score (nSPS) is 10.4. The van der Waals surface area contributed by atoms with Gasteiger partial charge in [-0.1, -0.05) is 6.07 Å². The summed E-state index contributed by atoms with van der Waals surface area (Å²) in [6.07, 6.45) is 1.60. The lowest BCUT2D eigenvalue weighted by atomic mass is 10.2. The van der Waals surface area contributed by atoms with Crippen LogP contribution in [-0.4, -0.2) is 4.98 Å². The van der Waals surface area contributed by atoms with Gasteiger partial charge in [-0.2, -0.15) is 0 Å². The minimum Gasteiger partial charge on any atom is -0.484 e. The number of nitrogens with two attached hydrogens (primary N) is 1. The van der Waals surface area contributed by atoms with Gasteiger partial charge in [0.2, 0.25) is 0 Å². The van der Waals surface area contributed by atoms with Crippen LogP contribution >= 0.6 is 0 Å². The van der Waals surface area contributed by atoms with E-state index in [9.17, 15) is 8.78 Å². The molecule has 0 bridgehead atoms. The predicted molar refractivity (Wildman–Crippen MR) is 62.8 cm³/mol. The molecule has 0 amide bonds. The number of aromatic nitrogens is 1. The van der Waals surface area contributed by atoms with E-state index >= 15 is 0 Å². The Labute approximate surface area is 103 Å². The van der Waals surface area contributed by atoms with Crippen LogP contribution in [0.3, 0.4) is 0 Å². The van der Waals surface area contributed by atoms with Gasteiger partial charge in [0.15, 0.2) is 11.6 Å². The Hall–Kier alpha value is -2.01. The smallest absolute Gasteiger partial charge is 0.165 e. The van der Waals surface area contributed by atoms with Crippen LogP contribution in [0.4, 0.5) is 8.78 Å². The molecule has 3 nitrogen and oxygen atoms in total. The first-order valence-corrected chi connectivity index (χ1v) is 5.41. The first-order valence-electron chi connectivity index (χ1n) is 5.41. The van der Waals surface area contributed by atoms with Gasteiger partial charge in [-0.25, -0.2) is 8.78 Å². The van der Waals surface area contributed by atoms with Crippen LogP contribution in [0.25, 0.3) is 0 Å². The van der Waals surface area contributed by atoms with Gasteiger partial charge in [0.1, 0.15) is 12.4 Å². The number of benzene rings is 1. The molecule has 2 rings (SSSR count). The summed E-state index contributed by atoms with van der Waals surface area (Å²) < 4.78 is 31.5. The van der Waals surface area contributed by atoms with Crippen molar-refractivity contribution in [2.45, 2.75) is 13.2 Å². The Kier molecular flexibility index (Phi) is 3.84. The van der Waals surface area contributed by atoms with Crippen LogP contribution in [0, 0.1) is 11.6 Å². The third kappa shape index (κ3) is 2.81. The summed E-state index contributed by atoms with van der Waals surface area (Å²) in [4.78, 5) is 4.10. The van der Waals surface area contributed by atoms with Crippen molar-refractivity contribution in [2.24, 2.45) is 5.73 Å². The van der Waals surface area contributed by atoms with Crippen molar-refractivity contribution in [3.8, 4) is 5.75 Å². The Bertz CT molecular complexity index is 546. The van der Waals surface area contributed by atoms with E-state index in [2.05, 4.69) is 4.98 Å². The molecule has 0 aliphatic heterocycles. The number of rotatable bonds is 4. The van der Waals surface area contributed by atoms with Gasteiger partial charge < -0.3 is 10.5 Å². The van der Waals surface area contributed by atoms with Gasteiger partial charge >= 0.3 is 0 Å². The van der Waals surface area contributed by atoms with E-state index in [1.54, 1.807) is 12.3 Å². The van der Waals surface area contributed by atoms with Crippen LogP contribution < -0.4 is 10.5 Å². The highest BCUT2D eigenvalue weighted by Crippen LogP contribution is 2.19.